The van der Waals surface area contributed by atoms with Crippen LogP contribution < -0.4 is 5.73 Å². The van der Waals surface area contributed by atoms with E-state index in [4.69, 9.17) is 10.3 Å². The van der Waals surface area contributed by atoms with Crippen molar-refractivity contribution >= 4 is 0 Å². The van der Waals surface area contributed by atoms with Crippen molar-refractivity contribution in [2.45, 2.75) is 26.3 Å². The maximum atomic E-state index is 5.84. The second-order valence-electron chi connectivity index (χ2n) is 4.23. The summed E-state index contributed by atoms with van der Waals surface area (Å²) in [5.41, 5.74) is 6.16. The Morgan fingerprint density at radius 2 is 1.81 bits per heavy atom. The smallest absolute Gasteiger partial charge is 0.246 e. The molecule has 2 aromatic rings. The van der Waals surface area contributed by atoms with Gasteiger partial charge in [0.05, 0.1) is 5.54 Å². The molecule has 0 aromatic carbocycles. The van der Waals surface area contributed by atoms with E-state index in [9.17, 15) is 0 Å². The second-order valence-corrected chi connectivity index (χ2v) is 4.23. The molecule has 84 valence electrons. The van der Waals surface area contributed by atoms with Gasteiger partial charge in [-0.05, 0) is 26.3 Å². The lowest BCUT2D eigenvalue weighted by atomic mass is 10.1. The molecule has 0 aliphatic rings. The summed E-state index contributed by atoms with van der Waals surface area (Å²) in [6, 6.07) is 0. The third-order valence-electron chi connectivity index (χ3n) is 1.96. The van der Waals surface area contributed by atoms with Crippen molar-refractivity contribution in [3.05, 3.63) is 23.8 Å². The zero-order valence-electron chi connectivity index (χ0n) is 9.43. The van der Waals surface area contributed by atoms with Crippen molar-refractivity contribution in [1.82, 2.24) is 20.1 Å². The number of rotatable bonds is 2. The quantitative estimate of drug-likeness (QED) is 0.811. The fraction of sp³-hybridized carbons (Fsp3) is 0.400. The molecule has 0 unspecified atom stereocenters. The second kappa shape index (κ2) is 3.64. The first-order valence-corrected chi connectivity index (χ1v) is 4.89. The Kier molecular flexibility index (Phi) is 2.43. The van der Waals surface area contributed by atoms with Crippen molar-refractivity contribution < 1.29 is 4.52 Å². The average molecular weight is 219 g/mol. The number of hydrogen-bond donors (Lipinski definition) is 1. The monoisotopic (exact) mass is 219 g/mol. The van der Waals surface area contributed by atoms with Gasteiger partial charge in [-0.3, -0.25) is 0 Å². The number of aryl methyl sites for hydroxylation is 1. The minimum atomic E-state index is -0.657. The molecule has 0 bridgehead atoms. The van der Waals surface area contributed by atoms with Crippen LogP contribution in [0.1, 0.15) is 25.3 Å². The maximum Gasteiger partial charge on any atom is 0.246 e. The summed E-state index contributed by atoms with van der Waals surface area (Å²) in [6.07, 6.45) is 3.40. The standard InChI is InChI=1S/C10H13N5O/c1-6-4-12-7(13-5-6)8-14-9(16-15-8)10(2,3)11/h4-5H,11H2,1-3H3. The molecule has 0 saturated carbocycles. The van der Waals surface area contributed by atoms with Crippen molar-refractivity contribution in [2.24, 2.45) is 5.73 Å². The summed E-state index contributed by atoms with van der Waals surface area (Å²) in [7, 11) is 0. The molecule has 0 spiro atoms. The highest BCUT2D eigenvalue weighted by atomic mass is 16.5. The summed E-state index contributed by atoms with van der Waals surface area (Å²) in [4.78, 5) is 12.4. The maximum absolute atomic E-state index is 5.84. The number of aromatic nitrogens is 4. The van der Waals surface area contributed by atoms with E-state index in [1.54, 1.807) is 26.2 Å². The molecule has 0 aliphatic heterocycles. The molecular formula is C10H13N5O. The van der Waals surface area contributed by atoms with Crippen LogP contribution in [0.5, 0.6) is 0 Å². The van der Waals surface area contributed by atoms with Crippen LogP contribution in [0.4, 0.5) is 0 Å². The Morgan fingerprint density at radius 3 is 2.31 bits per heavy atom. The lowest BCUT2D eigenvalue weighted by Crippen LogP contribution is -2.29. The third-order valence-corrected chi connectivity index (χ3v) is 1.96. The zero-order valence-corrected chi connectivity index (χ0v) is 9.43. The Labute approximate surface area is 92.9 Å². The molecule has 0 fully saturated rings. The molecule has 6 nitrogen and oxygen atoms in total. The largest absolute Gasteiger partial charge is 0.337 e. The van der Waals surface area contributed by atoms with Crippen LogP contribution in [0.25, 0.3) is 11.6 Å². The van der Waals surface area contributed by atoms with Gasteiger partial charge in [0.1, 0.15) is 0 Å². The Bertz CT molecular complexity index is 483. The predicted octanol–water partition coefficient (Wildman–Crippen LogP) is 1.03. The van der Waals surface area contributed by atoms with Crippen molar-refractivity contribution in [2.75, 3.05) is 0 Å². The van der Waals surface area contributed by atoms with E-state index in [0.29, 0.717) is 17.5 Å². The van der Waals surface area contributed by atoms with E-state index >= 15 is 0 Å². The van der Waals surface area contributed by atoms with Crippen LogP contribution in [-0.4, -0.2) is 20.1 Å². The highest BCUT2D eigenvalue weighted by Crippen LogP contribution is 2.17. The van der Waals surface area contributed by atoms with Crippen LogP contribution in [0.15, 0.2) is 16.9 Å². The van der Waals surface area contributed by atoms with E-state index in [1.807, 2.05) is 6.92 Å². The molecule has 0 radical (unpaired) electrons. The molecule has 6 heteroatoms. The Balaban J connectivity index is 2.35. The lowest BCUT2D eigenvalue weighted by molar-refractivity contribution is 0.312. The minimum absolute atomic E-state index is 0.355. The molecule has 0 atom stereocenters. The third kappa shape index (κ3) is 2.06. The molecule has 0 aliphatic carbocycles. The summed E-state index contributed by atoms with van der Waals surface area (Å²) < 4.78 is 5.05. The van der Waals surface area contributed by atoms with Gasteiger partial charge in [0.25, 0.3) is 0 Å². The summed E-state index contributed by atoms with van der Waals surface area (Å²) >= 11 is 0. The Morgan fingerprint density at radius 1 is 1.19 bits per heavy atom. The van der Waals surface area contributed by atoms with Gasteiger partial charge in [-0.25, -0.2) is 9.97 Å². The van der Waals surface area contributed by atoms with E-state index in [1.165, 1.54) is 0 Å². The van der Waals surface area contributed by atoms with Crippen LogP contribution >= 0.6 is 0 Å². The highest BCUT2D eigenvalue weighted by Gasteiger charge is 2.23. The number of nitrogens with zero attached hydrogens (tertiary/aromatic N) is 4. The molecule has 2 N–H and O–H groups in total. The highest BCUT2D eigenvalue weighted by molar-refractivity contribution is 5.41. The van der Waals surface area contributed by atoms with Gasteiger partial charge in [-0.2, -0.15) is 4.98 Å². The van der Waals surface area contributed by atoms with Crippen LogP contribution in [0, 0.1) is 6.92 Å². The van der Waals surface area contributed by atoms with Gasteiger partial charge in [0, 0.05) is 12.4 Å². The number of hydrogen-bond acceptors (Lipinski definition) is 6. The van der Waals surface area contributed by atoms with E-state index in [2.05, 4.69) is 20.1 Å². The minimum Gasteiger partial charge on any atom is -0.337 e. The first-order chi connectivity index (χ1) is 7.47. The van der Waals surface area contributed by atoms with Crippen molar-refractivity contribution in [1.29, 1.82) is 0 Å². The van der Waals surface area contributed by atoms with Gasteiger partial charge in [-0.1, -0.05) is 5.16 Å². The normalized spacial score (nSPS) is 11.8. The van der Waals surface area contributed by atoms with E-state index in [-0.39, 0.29) is 0 Å². The first-order valence-electron chi connectivity index (χ1n) is 4.89. The van der Waals surface area contributed by atoms with Crippen LogP contribution in [-0.2, 0) is 5.54 Å². The van der Waals surface area contributed by atoms with Gasteiger partial charge in [-0.15, -0.1) is 0 Å². The van der Waals surface area contributed by atoms with E-state index in [0.717, 1.165) is 5.56 Å². The lowest BCUT2D eigenvalue weighted by Gasteiger charge is -2.10. The summed E-state index contributed by atoms with van der Waals surface area (Å²) in [5.74, 6) is 1.16. The predicted molar refractivity (Wildman–Crippen MR) is 57.3 cm³/mol. The zero-order chi connectivity index (χ0) is 11.8. The SMILES string of the molecule is Cc1cnc(-c2noc(C(C)(C)N)n2)nc1. The summed E-state index contributed by atoms with van der Waals surface area (Å²) in [5, 5.41) is 3.79. The summed E-state index contributed by atoms with van der Waals surface area (Å²) in [6.45, 7) is 5.50. The molecule has 0 saturated heterocycles. The molecule has 2 aromatic heterocycles. The topological polar surface area (TPSA) is 90.7 Å². The van der Waals surface area contributed by atoms with Crippen molar-refractivity contribution in [3.63, 3.8) is 0 Å². The van der Waals surface area contributed by atoms with Gasteiger partial charge in [0.2, 0.25) is 17.5 Å². The van der Waals surface area contributed by atoms with Crippen LogP contribution in [0.3, 0.4) is 0 Å². The average Bonchev–Trinajstić information content (AvgIpc) is 2.67. The van der Waals surface area contributed by atoms with Gasteiger partial charge < -0.3 is 10.3 Å². The fourth-order valence-electron chi connectivity index (χ4n) is 1.08. The van der Waals surface area contributed by atoms with Gasteiger partial charge in [0.15, 0.2) is 0 Å². The number of nitrogens with two attached hydrogens (primary N) is 1. The van der Waals surface area contributed by atoms with Crippen LogP contribution in [0.2, 0.25) is 0 Å². The molecule has 2 heterocycles. The molecular weight excluding hydrogens is 206 g/mol. The van der Waals surface area contributed by atoms with E-state index < -0.39 is 5.54 Å². The molecule has 2 rings (SSSR count). The van der Waals surface area contributed by atoms with Gasteiger partial charge >= 0.3 is 0 Å². The Hall–Kier alpha value is -1.82. The van der Waals surface area contributed by atoms with Crippen molar-refractivity contribution in [3.8, 4) is 11.6 Å². The first kappa shape index (κ1) is 10.7. The molecule has 0 amide bonds. The molecule has 16 heavy (non-hydrogen) atoms. The fourth-order valence-corrected chi connectivity index (χ4v) is 1.08.